The zero-order valence-electron chi connectivity index (χ0n) is 13.1. The van der Waals surface area contributed by atoms with Crippen LogP contribution >= 0.6 is 24.8 Å². The number of rotatable bonds is 7. The van der Waals surface area contributed by atoms with E-state index in [9.17, 15) is 4.79 Å². The van der Waals surface area contributed by atoms with E-state index in [1.165, 1.54) is 32.1 Å². The highest BCUT2D eigenvalue weighted by molar-refractivity contribution is 5.85. The van der Waals surface area contributed by atoms with Crippen molar-refractivity contribution in [3.63, 3.8) is 0 Å². The van der Waals surface area contributed by atoms with Crippen molar-refractivity contribution in [2.24, 2.45) is 11.1 Å². The molecule has 2 aliphatic rings. The van der Waals surface area contributed by atoms with Gasteiger partial charge in [0.15, 0.2) is 0 Å². The zero-order valence-corrected chi connectivity index (χ0v) is 14.7. The lowest BCUT2D eigenvalue weighted by Gasteiger charge is -2.35. The van der Waals surface area contributed by atoms with Gasteiger partial charge in [-0.1, -0.05) is 19.3 Å². The van der Waals surface area contributed by atoms with E-state index >= 15 is 0 Å². The van der Waals surface area contributed by atoms with Crippen LogP contribution in [0, 0.1) is 5.41 Å². The molecule has 0 aromatic heterocycles. The van der Waals surface area contributed by atoms with Gasteiger partial charge in [0.1, 0.15) is 0 Å². The number of carbonyl (C=O) groups is 1. The Hall–Kier alpha value is -0.0300. The van der Waals surface area contributed by atoms with Crippen LogP contribution < -0.4 is 11.1 Å². The predicted octanol–water partition coefficient (Wildman–Crippen LogP) is 2.34. The molecule has 2 rings (SSSR count). The average Bonchev–Trinajstić information content (AvgIpc) is 3.24. The van der Waals surface area contributed by atoms with Gasteiger partial charge in [-0.15, -0.1) is 24.8 Å². The fraction of sp³-hybridized carbons (Fsp3) is 0.933. The van der Waals surface area contributed by atoms with E-state index in [1.807, 2.05) is 0 Å². The third-order valence-corrected chi connectivity index (χ3v) is 4.84. The van der Waals surface area contributed by atoms with Gasteiger partial charge in [0, 0.05) is 25.6 Å². The van der Waals surface area contributed by atoms with Gasteiger partial charge in [0.05, 0.1) is 0 Å². The number of halogens is 2. The van der Waals surface area contributed by atoms with E-state index < -0.39 is 0 Å². The SMILES string of the molecule is CN(CCNC(=O)CC1(CN)CCCCC1)C1CC1.Cl.Cl. The van der Waals surface area contributed by atoms with Gasteiger partial charge >= 0.3 is 0 Å². The molecule has 0 heterocycles. The van der Waals surface area contributed by atoms with Crippen LogP contribution in [0.5, 0.6) is 0 Å². The second-order valence-corrected chi connectivity index (χ2v) is 6.50. The number of likely N-dealkylation sites (N-methyl/N-ethyl adjacent to an activating group) is 1. The predicted molar refractivity (Wildman–Crippen MR) is 92.3 cm³/mol. The van der Waals surface area contributed by atoms with Crippen molar-refractivity contribution in [1.29, 1.82) is 0 Å². The molecule has 0 saturated heterocycles. The molecule has 21 heavy (non-hydrogen) atoms. The summed E-state index contributed by atoms with van der Waals surface area (Å²) in [5.74, 6) is 0.191. The van der Waals surface area contributed by atoms with Crippen molar-refractivity contribution in [2.45, 2.75) is 57.4 Å². The van der Waals surface area contributed by atoms with Crippen molar-refractivity contribution in [3.8, 4) is 0 Å². The molecule has 6 heteroatoms. The molecular weight excluding hydrogens is 309 g/mol. The Balaban J connectivity index is 0.00000200. The smallest absolute Gasteiger partial charge is 0.220 e. The number of hydrogen-bond acceptors (Lipinski definition) is 3. The second kappa shape index (κ2) is 9.88. The molecule has 3 N–H and O–H groups in total. The lowest BCUT2D eigenvalue weighted by Crippen LogP contribution is -2.40. The van der Waals surface area contributed by atoms with Crippen LogP contribution in [0.15, 0.2) is 0 Å². The molecule has 2 aliphatic carbocycles. The van der Waals surface area contributed by atoms with E-state index in [0.717, 1.165) is 32.0 Å². The van der Waals surface area contributed by atoms with Crippen LogP contribution in [0.1, 0.15) is 51.4 Å². The Bertz CT molecular complexity index is 305. The van der Waals surface area contributed by atoms with Gasteiger partial charge in [0.2, 0.25) is 5.91 Å². The van der Waals surface area contributed by atoms with Crippen LogP contribution in [0.4, 0.5) is 0 Å². The molecule has 0 aromatic rings. The van der Waals surface area contributed by atoms with E-state index in [1.54, 1.807) is 0 Å². The molecule has 2 saturated carbocycles. The number of nitrogens with zero attached hydrogens (tertiary/aromatic N) is 1. The third kappa shape index (κ3) is 6.72. The summed E-state index contributed by atoms with van der Waals surface area (Å²) in [6, 6.07) is 0.769. The summed E-state index contributed by atoms with van der Waals surface area (Å²) in [4.78, 5) is 14.4. The zero-order chi connectivity index (χ0) is 13.7. The Kier molecular flexibility index (Phi) is 9.87. The number of amides is 1. The minimum absolute atomic E-state index is 0. The first-order chi connectivity index (χ1) is 9.15. The van der Waals surface area contributed by atoms with Gasteiger partial charge in [-0.05, 0) is 44.7 Å². The summed E-state index contributed by atoms with van der Waals surface area (Å²) in [7, 11) is 2.15. The van der Waals surface area contributed by atoms with E-state index in [0.29, 0.717) is 13.0 Å². The van der Waals surface area contributed by atoms with Crippen molar-refractivity contribution in [3.05, 3.63) is 0 Å². The topological polar surface area (TPSA) is 58.4 Å². The van der Waals surface area contributed by atoms with Crippen LogP contribution in [-0.2, 0) is 4.79 Å². The van der Waals surface area contributed by atoms with Crippen molar-refractivity contribution in [1.82, 2.24) is 10.2 Å². The standard InChI is InChI=1S/C15H29N3O.2ClH/c1-18(13-5-6-13)10-9-17-14(19)11-15(12-16)7-3-2-4-8-15;;/h13H,2-12,16H2,1H3,(H,17,19);2*1H. The third-order valence-electron chi connectivity index (χ3n) is 4.84. The number of hydrogen-bond donors (Lipinski definition) is 2. The van der Waals surface area contributed by atoms with E-state index in [2.05, 4.69) is 17.3 Å². The maximum atomic E-state index is 12.1. The van der Waals surface area contributed by atoms with Gasteiger partial charge in [-0.3, -0.25) is 4.79 Å². The quantitative estimate of drug-likeness (QED) is 0.748. The Morgan fingerprint density at radius 1 is 1.24 bits per heavy atom. The molecule has 0 aromatic carbocycles. The summed E-state index contributed by atoms with van der Waals surface area (Å²) >= 11 is 0. The van der Waals surface area contributed by atoms with E-state index in [4.69, 9.17) is 5.73 Å². The Labute approximate surface area is 141 Å². The van der Waals surface area contributed by atoms with Crippen LogP contribution in [0.25, 0.3) is 0 Å². The highest BCUT2D eigenvalue weighted by Gasteiger charge is 2.33. The average molecular weight is 340 g/mol. The van der Waals surface area contributed by atoms with Crippen molar-refractivity contribution >= 4 is 30.7 Å². The van der Waals surface area contributed by atoms with E-state index in [-0.39, 0.29) is 36.1 Å². The summed E-state index contributed by atoms with van der Waals surface area (Å²) in [5.41, 5.74) is 6.01. The minimum atomic E-state index is 0. The summed E-state index contributed by atoms with van der Waals surface area (Å²) in [6.07, 6.45) is 9.27. The fourth-order valence-electron chi connectivity index (χ4n) is 3.23. The highest BCUT2D eigenvalue weighted by atomic mass is 35.5. The first kappa shape index (κ1) is 21.0. The molecule has 0 atom stereocenters. The molecule has 2 fully saturated rings. The molecular formula is C15H31Cl2N3O. The molecule has 0 unspecified atom stereocenters. The van der Waals surface area contributed by atoms with Gasteiger partial charge in [0.25, 0.3) is 0 Å². The second-order valence-electron chi connectivity index (χ2n) is 6.50. The summed E-state index contributed by atoms with van der Waals surface area (Å²) in [5, 5.41) is 3.07. The molecule has 1 amide bonds. The largest absolute Gasteiger partial charge is 0.355 e. The molecule has 0 radical (unpaired) electrons. The monoisotopic (exact) mass is 339 g/mol. The van der Waals surface area contributed by atoms with Crippen LogP contribution in [-0.4, -0.2) is 43.5 Å². The molecule has 0 bridgehead atoms. The first-order valence-electron chi connectivity index (χ1n) is 7.82. The van der Waals surface area contributed by atoms with Gasteiger partial charge in [-0.2, -0.15) is 0 Å². The lowest BCUT2D eigenvalue weighted by molar-refractivity contribution is -0.123. The number of nitrogens with one attached hydrogen (secondary N) is 1. The Morgan fingerprint density at radius 2 is 1.86 bits per heavy atom. The van der Waals surface area contributed by atoms with Crippen LogP contribution in [0.2, 0.25) is 0 Å². The number of nitrogens with two attached hydrogens (primary N) is 1. The molecule has 0 aliphatic heterocycles. The number of carbonyl (C=O) groups excluding carboxylic acids is 1. The molecule has 0 spiro atoms. The van der Waals surface area contributed by atoms with Gasteiger partial charge in [-0.25, -0.2) is 0 Å². The van der Waals surface area contributed by atoms with Crippen molar-refractivity contribution in [2.75, 3.05) is 26.7 Å². The molecule has 126 valence electrons. The van der Waals surface area contributed by atoms with Crippen LogP contribution in [0.3, 0.4) is 0 Å². The molecule has 4 nitrogen and oxygen atoms in total. The van der Waals surface area contributed by atoms with Gasteiger partial charge < -0.3 is 16.0 Å². The summed E-state index contributed by atoms with van der Waals surface area (Å²) < 4.78 is 0. The van der Waals surface area contributed by atoms with Crippen molar-refractivity contribution < 1.29 is 4.79 Å². The highest BCUT2D eigenvalue weighted by Crippen LogP contribution is 2.38. The maximum absolute atomic E-state index is 12.1. The normalized spacial score (nSPS) is 20.3. The fourth-order valence-corrected chi connectivity index (χ4v) is 3.23. The Morgan fingerprint density at radius 3 is 2.38 bits per heavy atom. The maximum Gasteiger partial charge on any atom is 0.220 e. The lowest BCUT2D eigenvalue weighted by atomic mass is 9.71. The first-order valence-corrected chi connectivity index (χ1v) is 7.82. The summed E-state index contributed by atoms with van der Waals surface area (Å²) in [6.45, 7) is 2.39. The minimum Gasteiger partial charge on any atom is -0.355 e.